The third-order valence-corrected chi connectivity index (χ3v) is 7.38. The first-order valence-corrected chi connectivity index (χ1v) is 11.0. The average Bonchev–Trinajstić information content (AvgIpc) is 3.40. The SMILES string of the molecule is Cn1c(CNC2C3CCC(C3)C2C(=O)OCc2ccccc2)nnc1C1CCC1. The number of carbonyl (C=O) groups excluding carboxylic acids is 1. The van der Waals surface area contributed by atoms with Crippen LogP contribution in [-0.2, 0) is 29.7 Å². The van der Waals surface area contributed by atoms with E-state index < -0.39 is 0 Å². The van der Waals surface area contributed by atoms with Crippen molar-refractivity contribution in [1.29, 1.82) is 0 Å². The molecule has 1 N–H and O–H groups in total. The Hall–Kier alpha value is -2.21. The molecule has 0 spiro atoms. The normalized spacial score (nSPS) is 28.4. The standard InChI is InChI=1S/C23H30N4O2/c1-27-19(25-26-22(27)16-8-5-9-16)13-24-21-18-11-10-17(12-18)20(21)23(28)29-14-15-6-3-2-4-7-15/h2-4,6-7,16-18,20-21,24H,5,8-14H2,1H3. The van der Waals surface area contributed by atoms with Crippen molar-refractivity contribution in [2.45, 2.75) is 63.6 Å². The maximum absolute atomic E-state index is 12.9. The molecule has 3 fully saturated rings. The highest BCUT2D eigenvalue weighted by Crippen LogP contribution is 2.49. The molecule has 0 aliphatic heterocycles. The number of nitrogens with zero attached hydrogens (tertiary/aromatic N) is 3. The predicted octanol–water partition coefficient (Wildman–Crippen LogP) is 3.33. The number of aromatic nitrogens is 3. The highest BCUT2D eigenvalue weighted by molar-refractivity contribution is 5.74. The molecule has 1 heterocycles. The van der Waals surface area contributed by atoms with Gasteiger partial charge in [-0.25, -0.2) is 0 Å². The van der Waals surface area contributed by atoms with Gasteiger partial charge in [0.25, 0.3) is 0 Å². The Labute approximate surface area is 172 Å². The first-order chi connectivity index (χ1) is 14.2. The largest absolute Gasteiger partial charge is 0.461 e. The second-order valence-corrected chi connectivity index (χ2v) is 9.02. The number of esters is 1. The van der Waals surface area contributed by atoms with Crippen molar-refractivity contribution in [3.63, 3.8) is 0 Å². The minimum absolute atomic E-state index is 0.0446. The second kappa shape index (κ2) is 7.90. The maximum Gasteiger partial charge on any atom is 0.311 e. The third-order valence-electron chi connectivity index (χ3n) is 7.38. The van der Waals surface area contributed by atoms with Crippen LogP contribution in [0.4, 0.5) is 0 Å². The van der Waals surface area contributed by atoms with Crippen LogP contribution < -0.4 is 5.32 Å². The highest BCUT2D eigenvalue weighted by Gasteiger charge is 2.51. The summed E-state index contributed by atoms with van der Waals surface area (Å²) in [6.07, 6.45) is 7.22. The van der Waals surface area contributed by atoms with E-state index in [0.29, 0.717) is 30.9 Å². The Kier molecular flexibility index (Phi) is 5.12. The molecular weight excluding hydrogens is 364 g/mol. The number of hydrogen-bond donors (Lipinski definition) is 1. The number of rotatable bonds is 7. The van der Waals surface area contributed by atoms with Crippen molar-refractivity contribution in [2.75, 3.05) is 0 Å². The number of benzene rings is 1. The van der Waals surface area contributed by atoms with E-state index in [2.05, 4.69) is 27.1 Å². The van der Waals surface area contributed by atoms with Gasteiger partial charge in [0.15, 0.2) is 0 Å². The van der Waals surface area contributed by atoms with Gasteiger partial charge in [-0.05, 0) is 49.5 Å². The zero-order valence-electron chi connectivity index (χ0n) is 17.1. The van der Waals surface area contributed by atoms with E-state index in [4.69, 9.17) is 4.74 Å². The van der Waals surface area contributed by atoms with E-state index in [1.807, 2.05) is 30.3 Å². The Morgan fingerprint density at radius 1 is 1.14 bits per heavy atom. The molecule has 0 saturated heterocycles. The molecule has 2 bridgehead atoms. The molecule has 3 aliphatic rings. The van der Waals surface area contributed by atoms with Gasteiger partial charge in [-0.3, -0.25) is 4.79 Å². The quantitative estimate of drug-likeness (QED) is 0.730. The smallest absolute Gasteiger partial charge is 0.311 e. The van der Waals surface area contributed by atoms with Crippen LogP contribution in [0.25, 0.3) is 0 Å². The van der Waals surface area contributed by atoms with Gasteiger partial charge in [-0.15, -0.1) is 10.2 Å². The first kappa shape index (κ1) is 18.8. The summed E-state index contributed by atoms with van der Waals surface area (Å²) in [6, 6.07) is 10.1. The van der Waals surface area contributed by atoms with Crippen LogP contribution in [-0.4, -0.2) is 26.8 Å². The molecule has 4 atom stereocenters. The van der Waals surface area contributed by atoms with Crippen LogP contribution >= 0.6 is 0 Å². The molecule has 1 aromatic heterocycles. The van der Waals surface area contributed by atoms with Crippen LogP contribution in [0.3, 0.4) is 0 Å². The van der Waals surface area contributed by atoms with Crippen LogP contribution in [0.2, 0.25) is 0 Å². The van der Waals surface area contributed by atoms with Gasteiger partial charge in [0.1, 0.15) is 18.3 Å². The summed E-state index contributed by atoms with van der Waals surface area (Å²) in [5.41, 5.74) is 1.04. The van der Waals surface area contributed by atoms with E-state index in [0.717, 1.165) is 30.1 Å². The molecule has 29 heavy (non-hydrogen) atoms. The molecule has 4 unspecified atom stereocenters. The molecule has 0 radical (unpaired) electrons. The summed E-state index contributed by atoms with van der Waals surface area (Å²) in [7, 11) is 2.07. The van der Waals surface area contributed by atoms with Crippen molar-refractivity contribution in [1.82, 2.24) is 20.1 Å². The van der Waals surface area contributed by atoms with Crippen molar-refractivity contribution in [3.05, 3.63) is 47.5 Å². The minimum Gasteiger partial charge on any atom is -0.461 e. The molecule has 154 valence electrons. The minimum atomic E-state index is -0.0494. The summed E-state index contributed by atoms with van der Waals surface area (Å²) in [5.74, 6) is 3.57. The van der Waals surface area contributed by atoms with Crippen LogP contribution in [0.1, 0.15) is 61.7 Å². The molecule has 2 aromatic rings. The Bertz CT molecular complexity index is 861. The highest BCUT2D eigenvalue weighted by atomic mass is 16.5. The molecular formula is C23H30N4O2. The molecule has 1 aromatic carbocycles. The van der Waals surface area contributed by atoms with Crippen molar-refractivity contribution < 1.29 is 9.53 Å². The molecule has 6 heteroatoms. The summed E-state index contributed by atoms with van der Waals surface area (Å²) >= 11 is 0. The fraction of sp³-hybridized carbons (Fsp3) is 0.609. The molecule has 6 nitrogen and oxygen atoms in total. The van der Waals surface area contributed by atoms with Gasteiger partial charge in [0.05, 0.1) is 12.5 Å². The summed E-state index contributed by atoms with van der Waals surface area (Å²) in [6.45, 7) is 1.01. The van der Waals surface area contributed by atoms with Gasteiger partial charge in [-0.1, -0.05) is 36.8 Å². The van der Waals surface area contributed by atoms with Gasteiger partial charge >= 0.3 is 5.97 Å². The third kappa shape index (κ3) is 3.59. The molecule has 0 amide bonds. The molecule has 3 aliphatic carbocycles. The van der Waals surface area contributed by atoms with Crippen molar-refractivity contribution in [3.8, 4) is 0 Å². The predicted molar refractivity (Wildman–Crippen MR) is 109 cm³/mol. The number of hydrogen-bond acceptors (Lipinski definition) is 5. The summed E-state index contributed by atoms with van der Waals surface area (Å²) in [4.78, 5) is 12.9. The number of fused-ring (bicyclic) bond motifs is 2. The average molecular weight is 395 g/mol. The zero-order valence-corrected chi connectivity index (χ0v) is 17.1. The van der Waals surface area contributed by atoms with E-state index in [9.17, 15) is 4.79 Å². The fourth-order valence-electron chi connectivity index (χ4n) is 5.51. The van der Waals surface area contributed by atoms with Gasteiger partial charge < -0.3 is 14.6 Å². The van der Waals surface area contributed by atoms with Crippen molar-refractivity contribution >= 4 is 5.97 Å². The van der Waals surface area contributed by atoms with E-state index >= 15 is 0 Å². The lowest BCUT2D eigenvalue weighted by molar-refractivity contribution is -0.152. The van der Waals surface area contributed by atoms with Crippen LogP contribution in [0.15, 0.2) is 30.3 Å². The lowest BCUT2D eigenvalue weighted by Crippen LogP contribution is -2.44. The van der Waals surface area contributed by atoms with Crippen LogP contribution in [0, 0.1) is 17.8 Å². The molecule has 5 rings (SSSR count). The Morgan fingerprint density at radius 3 is 2.69 bits per heavy atom. The Morgan fingerprint density at radius 2 is 1.93 bits per heavy atom. The van der Waals surface area contributed by atoms with Crippen molar-refractivity contribution in [2.24, 2.45) is 24.8 Å². The summed E-state index contributed by atoms with van der Waals surface area (Å²) in [5, 5.41) is 12.5. The number of nitrogens with one attached hydrogen (secondary N) is 1. The van der Waals surface area contributed by atoms with E-state index in [1.54, 1.807) is 0 Å². The lowest BCUT2D eigenvalue weighted by Gasteiger charge is -2.30. The Balaban J connectivity index is 1.22. The number of ether oxygens (including phenoxy) is 1. The summed E-state index contributed by atoms with van der Waals surface area (Å²) < 4.78 is 7.86. The van der Waals surface area contributed by atoms with E-state index in [1.165, 1.54) is 25.7 Å². The van der Waals surface area contributed by atoms with Crippen LogP contribution in [0.5, 0.6) is 0 Å². The van der Waals surface area contributed by atoms with Gasteiger partial charge in [-0.2, -0.15) is 0 Å². The maximum atomic E-state index is 12.9. The van der Waals surface area contributed by atoms with E-state index in [-0.39, 0.29) is 17.9 Å². The zero-order chi connectivity index (χ0) is 19.8. The van der Waals surface area contributed by atoms with Gasteiger partial charge in [0, 0.05) is 19.0 Å². The lowest BCUT2D eigenvalue weighted by atomic mass is 9.84. The van der Waals surface area contributed by atoms with Gasteiger partial charge in [0.2, 0.25) is 0 Å². The number of carbonyl (C=O) groups is 1. The monoisotopic (exact) mass is 394 g/mol. The first-order valence-electron chi connectivity index (χ1n) is 11.0. The fourth-order valence-corrected chi connectivity index (χ4v) is 5.51. The molecule has 3 saturated carbocycles. The topological polar surface area (TPSA) is 69.0 Å². The second-order valence-electron chi connectivity index (χ2n) is 9.02.